The normalized spacial score (nSPS) is 11.6. The van der Waals surface area contributed by atoms with Gasteiger partial charge in [-0.2, -0.15) is 13.2 Å². The number of pyridine rings is 1. The Balaban J connectivity index is 1.91. The molecule has 3 aromatic rings. The Hall–Kier alpha value is -2.48. The fraction of sp³-hybridized carbons (Fsp3) is 0.0667. The topological polar surface area (TPSA) is 46.4 Å². The summed E-state index contributed by atoms with van der Waals surface area (Å²) in [6.45, 7) is 0. The Labute approximate surface area is 133 Å². The zero-order valence-electron chi connectivity index (χ0n) is 11.5. The first kappa shape index (κ1) is 15.4. The summed E-state index contributed by atoms with van der Waals surface area (Å²) in [5.74, 6) is -2.19. The molecule has 0 aliphatic carbocycles. The van der Waals surface area contributed by atoms with Crippen LogP contribution in [0.1, 0.15) is 0 Å². The van der Waals surface area contributed by atoms with E-state index in [2.05, 4.69) is 4.98 Å². The lowest BCUT2D eigenvalue weighted by atomic mass is 10.4. The highest BCUT2D eigenvalue weighted by Crippen LogP contribution is 2.29. The summed E-state index contributed by atoms with van der Waals surface area (Å²) >= 11 is 1.44. The molecule has 118 valence electrons. The molecule has 1 amide bonds. The average molecular weight is 337 g/mol. The number of anilines is 1. The van der Waals surface area contributed by atoms with E-state index >= 15 is 0 Å². The number of alkyl halides is 3. The molecule has 23 heavy (non-hydrogen) atoms. The lowest BCUT2D eigenvalue weighted by Gasteiger charge is -2.05. The lowest BCUT2D eigenvalue weighted by Crippen LogP contribution is -2.30. The van der Waals surface area contributed by atoms with Crippen LogP contribution in [0, 0.1) is 0 Å². The smallest absolute Gasteiger partial charge is 0.301 e. The number of nitrogens with zero attached hydrogens (tertiary/aromatic N) is 2. The minimum atomic E-state index is -4.95. The van der Waals surface area contributed by atoms with E-state index in [1.54, 1.807) is 21.9 Å². The fourth-order valence-electron chi connectivity index (χ4n) is 1.93. The van der Waals surface area contributed by atoms with Crippen LogP contribution in [-0.2, 0) is 4.79 Å². The Morgan fingerprint density at radius 2 is 1.83 bits per heavy atom. The van der Waals surface area contributed by atoms with Gasteiger partial charge in [-0.25, -0.2) is 4.98 Å². The number of carbonyl (C=O) groups excluding carboxylic acids is 1. The van der Waals surface area contributed by atoms with E-state index in [-0.39, 0.29) is 5.82 Å². The summed E-state index contributed by atoms with van der Waals surface area (Å²) in [7, 11) is 0. The molecule has 0 bridgehead atoms. The maximum Gasteiger partial charge on any atom is 0.471 e. The number of hydrogen-bond acceptors (Lipinski definition) is 3. The molecule has 2 heterocycles. The summed E-state index contributed by atoms with van der Waals surface area (Å²) in [5, 5.41) is 2.53. The molecule has 0 radical (unpaired) electrons. The summed E-state index contributed by atoms with van der Waals surface area (Å²) in [6.07, 6.45) is -3.58. The van der Waals surface area contributed by atoms with Gasteiger partial charge in [-0.3, -0.25) is 9.20 Å². The second kappa shape index (κ2) is 5.96. The molecule has 0 fully saturated rings. The lowest BCUT2D eigenvalue weighted by molar-refractivity contribution is -0.167. The maximum atomic E-state index is 12.3. The molecule has 1 aromatic carbocycles. The average Bonchev–Trinajstić information content (AvgIpc) is 2.91. The van der Waals surface area contributed by atoms with Crippen LogP contribution in [0.4, 0.5) is 19.0 Å². The molecule has 0 atom stereocenters. The molecular weight excluding hydrogens is 327 g/mol. The van der Waals surface area contributed by atoms with Gasteiger partial charge in [-0.15, -0.1) is 0 Å². The van der Waals surface area contributed by atoms with Gasteiger partial charge < -0.3 is 5.32 Å². The number of imidazole rings is 1. The second-order valence-electron chi connectivity index (χ2n) is 4.59. The molecule has 0 aliphatic heterocycles. The van der Waals surface area contributed by atoms with Gasteiger partial charge in [0.25, 0.3) is 0 Å². The van der Waals surface area contributed by atoms with Crippen LogP contribution in [0.5, 0.6) is 0 Å². The molecule has 0 saturated carbocycles. The van der Waals surface area contributed by atoms with E-state index in [1.807, 2.05) is 36.4 Å². The highest BCUT2D eigenvalue weighted by atomic mass is 32.2. The highest BCUT2D eigenvalue weighted by molar-refractivity contribution is 7.99. The van der Waals surface area contributed by atoms with Crippen LogP contribution in [0.25, 0.3) is 5.65 Å². The number of aromatic nitrogens is 2. The Kier molecular flexibility index (Phi) is 3.99. The summed E-state index contributed by atoms with van der Waals surface area (Å²) in [4.78, 5) is 16.0. The molecule has 8 heteroatoms. The second-order valence-corrected chi connectivity index (χ2v) is 5.68. The number of rotatable bonds is 3. The summed E-state index contributed by atoms with van der Waals surface area (Å²) < 4.78 is 38.5. The van der Waals surface area contributed by atoms with Gasteiger partial charge in [0.1, 0.15) is 5.65 Å². The van der Waals surface area contributed by atoms with E-state index in [0.29, 0.717) is 5.65 Å². The van der Waals surface area contributed by atoms with E-state index in [9.17, 15) is 18.0 Å². The van der Waals surface area contributed by atoms with Crippen molar-refractivity contribution in [2.75, 3.05) is 5.32 Å². The first-order valence-electron chi connectivity index (χ1n) is 6.53. The molecule has 1 N–H and O–H groups in total. The van der Waals surface area contributed by atoms with Crippen molar-refractivity contribution in [3.05, 3.63) is 54.7 Å². The van der Waals surface area contributed by atoms with E-state index < -0.39 is 12.1 Å². The van der Waals surface area contributed by atoms with Gasteiger partial charge in [0.15, 0.2) is 5.82 Å². The SMILES string of the molecule is O=C(Nc1cn2c(Sc3ccccc3)cccc2n1)C(F)(F)F. The predicted molar refractivity (Wildman–Crippen MR) is 80.4 cm³/mol. The van der Waals surface area contributed by atoms with Crippen LogP contribution in [0.15, 0.2) is 64.6 Å². The zero-order valence-corrected chi connectivity index (χ0v) is 12.4. The van der Waals surface area contributed by atoms with Crippen LogP contribution < -0.4 is 5.32 Å². The Morgan fingerprint density at radius 3 is 2.52 bits per heavy atom. The van der Waals surface area contributed by atoms with Gasteiger partial charge in [-0.1, -0.05) is 36.0 Å². The maximum absolute atomic E-state index is 12.3. The number of nitrogens with one attached hydrogen (secondary N) is 1. The Bertz CT molecular complexity index is 846. The quantitative estimate of drug-likeness (QED) is 0.786. The van der Waals surface area contributed by atoms with E-state index in [0.717, 1.165) is 9.92 Å². The third-order valence-corrected chi connectivity index (χ3v) is 3.97. The number of benzene rings is 1. The zero-order chi connectivity index (χ0) is 16.4. The molecule has 0 spiro atoms. The largest absolute Gasteiger partial charge is 0.471 e. The third-order valence-electron chi connectivity index (χ3n) is 2.92. The molecule has 2 aromatic heterocycles. The number of amides is 1. The van der Waals surface area contributed by atoms with Gasteiger partial charge >= 0.3 is 12.1 Å². The number of hydrogen-bond donors (Lipinski definition) is 1. The van der Waals surface area contributed by atoms with Gasteiger partial charge in [0.05, 0.1) is 11.2 Å². The number of carbonyl (C=O) groups is 1. The van der Waals surface area contributed by atoms with Crippen molar-refractivity contribution in [1.82, 2.24) is 9.38 Å². The van der Waals surface area contributed by atoms with Crippen molar-refractivity contribution < 1.29 is 18.0 Å². The van der Waals surface area contributed by atoms with Crippen LogP contribution in [-0.4, -0.2) is 21.5 Å². The molecule has 0 unspecified atom stereocenters. The van der Waals surface area contributed by atoms with Crippen molar-refractivity contribution in [2.24, 2.45) is 0 Å². The standard InChI is InChI=1S/C15H10F3N3OS/c16-15(17,18)14(22)20-11-9-21-12(19-11)7-4-8-13(21)23-10-5-2-1-3-6-10/h1-9H,(H,20,22). The highest BCUT2D eigenvalue weighted by Gasteiger charge is 2.39. The van der Waals surface area contributed by atoms with Crippen molar-refractivity contribution in [1.29, 1.82) is 0 Å². The first-order chi connectivity index (χ1) is 10.9. The molecule has 0 saturated heterocycles. The van der Waals surface area contributed by atoms with Crippen LogP contribution in [0.2, 0.25) is 0 Å². The molecular formula is C15H10F3N3OS. The van der Waals surface area contributed by atoms with Crippen LogP contribution in [0.3, 0.4) is 0 Å². The first-order valence-corrected chi connectivity index (χ1v) is 7.34. The van der Waals surface area contributed by atoms with E-state index in [4.69, 9.17) is 0 Å². The van der Waals surface area contributed by atoms with Crippen molar-refractivity contribution in [3.63, 3.8) is 0 Å². The number of halogens is 3. The van der Waals surface area contributed by atoms with Crippen molar-refractivity contribution >= 4 is 29.1 Å². The monoisotopic (exact) mass is 337 g/mol. The summed E-state index contributed by atoms with van der Waals surface area (Å²) in [6, 6.07) is 14.8. The Morgan fingerprint density at radius 1 is 1.09 bits per heavy atom. The summed E-state index contributed by atoms with van der Waals surface area (Å²) in [5.41, 5.74) is 0.448. The van der Waals surface area contributed by atoms with Crippen LogP contribution >= 0.6 is 11.8 Å². The molecule has 0 aliphatic rings. The van der Waals surface area contributed by atoms with Gasteiger partial charge in [-0.05, 0) is 24.3 Å². The van der Waals surface area contributed by atoms with Crippen molar-refractivity contribution in [2.45, 2.75) is 16.1 Å². The minimum absolute atomic E-state index is 0.145. The van der Waals surface area contributed by atoms with Crippen molar-refractivity contribution in [3.8, 4) is 0 Å². The fourth-order valence-corrected chi connectivity index (χ4v) is 2.85. The van der Waals surface area contributed by atoms with E-state index in [1.165, 1.54) is 18.0 Å². The minimum Gasteiger partial charge on any atom is -0.301 e. The molecule has 3 rings (SSSR count). The van der Waals surface area contributed by atoms with Gasteiger partial charge in [0.2, 0.25) is 0 Å². The third kappa shape index (κ3) is 3.48. The predicted octanol–water partition coefficient (Wildman–Crippen LogP) is 3.99. The number of fused-ring (bicyclic) bond motifs is 1. The molecule has 4 nitrogen and oxygen atoms in total. The van der Waals surface area contributed by atoms with Gasteiger partial charge in [0, 0.05) is 4.90 Å².